The highest BCUT2D eigenvalue weighted by Gasteiger charge is 2.29. The van der Waals surface area contributed by atoms with E-state index in [1.165, 1.54) is 19.3 Å². The predicted octanol–water partition coefficient (Wildman–Crippen LogP) is 3.31. The Balaban J connectivity index is 1.83. The molecule has 134 valence electrons. The molecule has 1 aliphatic carbocycles. The highest BCUT2D eigenvalue weighted by Crippen LogP contribution is 2.34. The number of carbonyl (C=O) groups excluding carboxylic acids is 1. The number of rotatable bonds is 6. The summed E-state index contributed by atoms with van der Waals surface area (Å²) in [4.78, 5) is 19.3. The van der Waals surface area contributed by atoms with Crippen molar-refractivity contribution in [3.05, 3.63) is 47.5 Å². The minimum absolute atomic E-state index is 0.0398. The maximum atomic E-state index is 13.1. The number of carbonyl (C=O) groups is 1. The third-order valence-corrected chi connectivity index (χ3v) is 5.05. The number of nitrogens with zero attached hydrogens (tertiary/aromatic N) is 3. The molecule has 1 aliphatic rings. The van der Waals surface area contributed by atoms with Crippen LogP contribution in [0.2, 0.25) is 0 Å². The third-order valence-electron chi connectivity index (χ3n) is 5.05. The molecule has 2 aromatic rings. The van der Waals surface area contributed by atoms with Crippen LogP contribution in [0.4, 0.5) is 0 Å². The molecule has 3 rings (SSSR count). The number of aromatic amines is 1. The first-order valence-electron chi connectivity index (χ1n) is 8.92. The van der Waals surface area contributed by atoms with Crippen molar-refractivity contribution in [3.8, 4) is 0 Å². The Morgan fingerprint density at radius 2 is 2.16 bits per heavy atom. The molecular weight excluding hydrogens is 316 g/mol. The highest BCUT2D eigenvalue weighted by atomic mass is 16.5. The third kappa shape index (κ3) is 3.90. The van der Waals surface area contributed by atoms with E-state index in [2.05, 4.69) is 15.2 Å². The lowest BCUT2D eigenvalue weighted by Gasteiger charge is -2.28. The predicted molar refractivity (Wildman–Crippen MR) is 95.4 cm³/mol. The van der Waals surface area contributed by atoms with Crippen molar-refractivity contribution in [2.24, 2.45) is 0 Å². The molecule has 6 heteroatoms. The summed E-state index contributed by atoms with van der Waals surface area (Å²) in [6.45, 7) is 0.399. The molecule has 6 nitrogen and oxygen atoms in total. The first-order valence-corrected chi connectivity index (χ1v) is 8.92. The van der Waals surface area contributed by atoms with Crippen LogP contribution in [0, 0.1) is 0 Å². The van der Waals surface area contributed by atoms with Crippen LogP contribution in [0.3, 0.4) is 0 Å². The fourth-order valence-electron chi connectivity index (χ4n) is 3.63. The summed E-state index contributed by atoms with van der Waals surface area (Å²) in [7, 11) is 3.44. The summed E-state index contributed by atoms with van der Waals surface area (Å²) < 4.78 is 5.34. The number of hydrogen-bond acceptors (Lipinski definition) is 4. The van der Waals surface area contributed by atoms with Gasteiger partial charge in [0.25, 0.3) is 5.91 Å². The van der Waals surface area contributed by atoms with Gasteiger partial charge in [0.2, 0.25) is 0 Å². The zero-order valence-electron chi connectivity index (χ0n) is 14.9. The van der Waals surface area contributed by atoms with Crippen molar-refractivity contribution in [2.75, 3.05) is 20.8 Å². The second-order valence-electron chi connectivity index (χ2n) is 6.67. The number of likely N-dealkylation sites (N-methyl/N-ethyl adjacent to an activating group) is 1. The summed E-state index contributed by atoms with van der Waals surface area (Å²) in [5, 5.41) is 7.24. The van der Waals surface area contributed by atoms with Gasteiger partial charge in [-0.2, -0.15) is 5.10 Å². The average Bonchev–Trinajstić information content (AvgIpc) is 3.16. The van der Waals surface area contributed by atoms with Crippen molar-refractivity contribution in [1.29, 1.82) is 0 Å². The van der Waals surface area contributed by atoms with Crippen LogP contribution in [-0.2, 0) is 4.74 Å². The second-order valence-corrected chi connectivity index (χ2v) is 6.67. The van der Waals surface area contributed by atoms with Crippen molar-refractivity contribution < 1.29 is 9.53 Å². The fraction of sp³-hybridized carbons (Fsp3) is 0.526. The van der Waals surface area contributed by atoms with Gasteiger partial charge < -0.3 is 9.64 Å². The van der Waals surface area contributed by atoms with E-state index < -0.39 is 0 Å². The maximum absolute atomic E-state index is 13.1. The molecule has 1 fully saturated rings. The molecule has 2 aromatic heterocycles. The molecule has 0 bridgehead atoms. The monoisotopic (exact) mass is 342 g/mol. The molecule has 2 heterocycles. The lowest BCUT2D eigenvalue weighted by atomic mass is 9.85. The van der Waals surface area contributed by atoms with Gasteiger partial charge in [-0.3, -0.25) is 14.9 Å². The quantitative estimate of drug-likeness (QED) is 0.874. The molecule has 1 unspecified atom stereocenters. The van der Waals surface area contributed by atoms with Gasteiger partial charge in [-0.25, -0.2) is 0 Å². The second kappa shape index (κ2) is 8.25. The van der Waals surface area contributed by atoms with Crippen LogP contribution >= 0.6 is 0 Å². The number of aromatic nitrogens is 3. The van der Waals surface area contributed by atoms with Gasteiger partial charge >= 0.3 is 0 Å². The Labute approximate surface area is 148 Å². The molecule has 1 N–H and O–H groups in total. The zero-order valence-corrected chi connectivity index (χ0v) is 14.9. The molecule has 1 atom stereocenters. The smallest absolute Gasteiger partial charge is 0.257 e. The van der Waals surface area contributed by atoms with Crippen molar-refractivity contribution >= 4 is 5.91 Å². The summed E-state index contributed by atoms with van der Waals surface area (Å²) in [6.07, 6.45) is 9.35. The van der Waals surface area contributed by atoms with Gasteiger partial charge in [-0.05, 0) is 25.0 Å². The molecular formula is C19H26N4O2. The van der Waals surface area contributed by atoms with E-state index in [0.29, 0.717) is 18.1 Å². The summed E-state index contributed by atoms with van der Waals surface area (Å²) in [5.74, 6) is 0.362. The highest BCUT2D eigenvalue weighted by molar-refractivity contribution is 5.95. The number of H-pyrrole nitrogens is 1. The van der Waals surface area contributed by atoms with Gasteiger partial charge in [0.1, 0.15) is 0 Å². The largest absolute Gasteiger partial charge is 0.382 e. The number of amides is 1. The van der Waals surface area contributed by atoms with Gasteiger partial charge in [0, 0.05) is 26.3 Å². The standard InChI is InChI=1S/C19H26N4O2/c1-23(17(13-25-2)16-10-6-7-11-20-16)19(24)15-12-21-22-18(15)14-8-4-3-5-9-14/h6-7,10-12,14,17H,3-5,8-9,13H2,1-2H3,(H,21,22). The Morgan fingerprint density at radius 3 is 2.84 bits per heavy atom. The lowest BCUT2D eigenvalue weighted by molar-refractivity contribution is 0.0593. The Hall–Kier alpha value is -2.21. The lowest BCUT2D eigenvalue weighted by Crippen LogP contribution is -2.34. The van der Waals surface area contributed by atoms with E-state index in [1.54, 1.807) is 31.5 Å². The maximum Gasteiger partial charge on any atom is 0.257 e. The minimum Gasteiger partial charge on any atom is -0.382 e. The Kier molecular flexibility index (Phi) is 5.81. The number of nitrogens with one attached hydrogen (secondary N) is 1. The van der Waals surface area contributed by atoms with E-state index in [-0.39, 0.29) is 11.9 Å². The van der Waals surface area contributed by atoms with Crippen LogP contribution in [0.25, 0.3) is 0 Å². The van der Waals surface area contributed by atoms with Crippen molar-refractivity contribution in [3.63, 3.8) is 0 Å². The summed E-state index contributed by atoms with van der Waals surface area (Å²) in [5.41, 5.74) is 2.48. The molecule has 0 spiro atoms. The molecule has 1 amide bonds. The SMILES string of the molecule is COCC(c1ccccn1)N(C)C(=O)c1cn[nH]c1C1CCCCC1. The van der Waals surface area contributed by atoms with Crippen LogP contribution in [0.5, 0.6) is 0 Å². The van der Waals surface area contributed by atoms with Crippen molar-refractivity contribution in [2.45, 2.75) is 44.1 Å². The van der Waals surface area contributed by atoms with Crippen LogP contribution in [-0.4, -0.2) is 46.8 Å². The minimum atomic E-state index is -0.229. The summed E-state index contributed by atoms with van der Waals surface area (Å²) >= 11 is 0. The van der Waals surface area contributed by atoms with Crippen molar-refractivity contribution in [1.82, 2.24) is 20.1 Å². The molecule has 25 heavy (non-hydrogen) atoms. The summed E-state index contributed by atoms with van der Waals surface area (Å²) in [6, 6.07) is 5.49. The number of ether oxygens (including phenoxy) is 1. The van der Waals surface area contributed by atoms with Gasteiger partial charge in [0.05, 0.1) is 35.8 Å². The molecule has 0 aromatic carbocycles. The van der Waals surface area contributed by atoms with Crippen LogP contribution in [0.1, 0.15) is 65.8 Å². The zero-order chi connectivity index (χ0) is 17.6. The normalized spacial score (nSPS) is 16.6. The topological polar surface area (TPSA) is 71.1 Å². The molecule has 1 saturated carbocycles. The number of hydrogen-bond donors (Lipinski definition) is 1. The van der Waals surface area contributed by atoms with E-state index >= 15 is 0 Å². The first-order chi connectivity index (χ1) is 12.2. The number of methoxy groups -OCH3 is 1. The van der Waals surface area contributed by atoms with Crippen LogP contribution < -0.4 is 0 Å². The van der Waals surface area contributed by atoms with Gasteiger partial charge in [-0.15, -0.1) is 0 Å². The molecule has 0 radical (unpaired) electrons. The van der Waals surface area contributed by atoms with E-state index in [9.17, 15) is 4.79 Å². The Morgan fingerprint density at radius 1 is 1.36 bits per heavy atom. The van der Waals surface area contributed by atoms with Gasteiger partial charge in [0.15, 0.2) is 0 Å². The average molecular weight is 342 g/mol. The van der Waals surface area contributed by atoms with E-state index in [0.717, 1.165) is 24.2 Å². The van der Waals surface area contributed by atoms with Gasteiger partial charge in [-0.1, -0.05) is 25.3 Å². The van der Waals surface area contributed by atoms with E-state index in [4.69, 9.17) is 4.74 Å². The first kappa shape index (κ1) is 17.6. The fourth-order valence-corrected chi connectivity index (χ4v) is 3.63. The van der Waals surface area contributed by atoms with Crippen LogP contribution in [0.15, 0.2) is 30.6 Å². The number of pyridine rings is 1. The molecule has 0 saturated heterocycles. The Bertz CT molecular complexity index is 680. The van der Waals surface area contributed by atoms with E-state index in [1.807, 2.05) is 18.2 Å². The molecule has 0 aliphatic heterocycles.